The summed E-state index contributed by atoms with van der Waals surface area (Å²) in [6, 6.07) is 10.4. The summed E-state index contributed by atoms with van der Waals surface area (Å²) >= 11 is 0. The summed E-state index contributed by atoms with van der Waals surface area (Å²) in [5.74, 6) is 0.761. The van der Waals surface area contributed by atoms with E-state index in [9.17, 15) is 18.0 Å². The van der Waals surface area contributed by atoms with Gasteiger partial charge in [0, 0.05) is 5.69 Å². The summed E-state index contributed by atoms with van der Waals surface area (Å²) < 4.78 is 50.8. The van der Waals surface area contributed by atoms with Crippen molar-refractivity contribution in [1.82, 2.24) is 0 Å². The molecule has 0 fully saturated rings. The molecule has 0 aliphatic heterocycles. The Labute approximate surface area is 160 Å². The van der Waals surface area contributed by atoms with Crippen LogP contribution in [0, 0.1) is 0 Å². The molecule has 2 aromatic rings. The predicted octanol–water partition coefficient (Wildman–Crippen LogP) is 2.26. The van der Waals surface area contributed by atoms with E-state index in [1.165, 1.54) is 12.1 Å². The zero-order chi connectivity index (χ0) is 20.7. The van der Waals surface area contributed by atoms with Gasteiger partial charge < -0.3 is 24.4 Å². The number of methoxy groups -OCH3 is 2. The fourth-order valence-electron chi connectivity index (χ4n) is 2.63. The van der Waals surface area contributed by atoms with Crippen molar-refractivity contribution >= 4 is 11.6 Å². The monoisotopic (exact) mass is 399 g/mol. The topological polar surface area (TPSA) is 61.2 Å². The van der Waals surface area contributed by atoms with Crippen LogP contribution in [0.3, 0.4) is 0 Å². The lowest BCUT2D eigenvalue weighted by Crippen LogP contribution is -3.08. The van der Waals surface area contributed by atoms with Crippen molar-refractivity contribution in [2.45, 2.75) is 12.9 Å². The number of rotatable bonds is 8. The fraction of sp³-hybridized carbons (Fsp3) is 0.316. The number of carbonyl (C=O) groups is 1. The molecule has 2 rings (SSSR count). The smallest absolute Gasteiger partial charge is 0.497 e. The largest absolute Gasteiger partial charge is 0.573 e. The Morgan fingerprint density at radius 1 is 1.04 bits per heavy atom. The van der Waals surface area contributed by atoms with Gasteiger partial charge in [0.2, 0.25) is 0 Å². The Balaban J connectivity index is 1.92. The van der Waals surface area contributed by atoms with Crippen LogP contribution in [0.4, 0.5) is 18.9 Å². The van der Waals surface area contributed by atoms with E-state index in [1.807, 2.05) is 13.1 Å². The molecule has 1 amide bonds. The lowest BCUT2D eigenvalue weighted by Gasteiger charge is -2.16. The zero-order valence-corrected chi connectivity index (χ0v) is 15.7. The van der Waals surface area contributed by atoms with Gasteiger partial charge >= 0.3 is 6.36 Å². The second-order valence-corrected chi connectivity index (χ2v) is 6.11. The number of hydrogen-bond donors (Lipinski definition) is 2. The Bertz CT molecular complexity index is 795. The molecule has 1 atom stereocenters. The SMILES string of the molecule is COc1ccc(OC)c(C[NH+](C)CC(=O)Nc2ccc(OC(F)(F)F)cc2)c1. The first-order valence-corrected chi connectivity index (χ1v) is 8.38. The first kappa shape index (κ1) is 21.4. The van der Waals surface area contributed by atoms with Gasteiger partial charge in [-0.3, -0.25) is 4.79 Å². The molecular weight excluding hydrogens is 377 g/mol. The number of carbonyl (C=O) groups excluding carboxylic acids is 1. The average Bonchev–Trinajstić information content (AvgIpc) is 2.61. The molecule has 9 heteroatoms. The summed E-state index contributed by atoms with van der Waals surface area (Å²) in [5, 5.41) is 2.65. The van der Waals surface area contributed by atoms with Crippen molar-refractivity contribution in [2.24, 2.45) is 0 Å². The number of anilines is 1. The van der Waals surface area contributed by atoms with Crippen LogP contribution in [-0.2, 0) is 11.3 Å². The number of alkyl halides is 3. The van der Waals surface area contributed by atoms with Crippen molar-refractivity contribution in [3.63, 3.8) is 0 Å². The van der Waals surface area contributed by atoms with Gasteiger partial charge in [0.25, 0.3) is 5.91 Å². The van der Waals surface area contributed by atoms with E-state index in [0.717, 1.165) is 22.6 Å². The van der Waals surface area contributed by atoms with Crippen LogP contribution in [0.15, 0.2) is 42.5 Å². The molecule has 0 aliphatic rings. The van der Waals surface area contributed by atoms with E-state index >= 15 is 0 Å². The number of hydrogen-bond acceptors (Lipinski definition) is 4. The molecule has 0 saturated heterocycles. The molecule has 6 nitrogen and oxygen atoms in total. The minimum absolute atomic E-state index is 0.154. The van der Waals surface area contributed by atoms with Crippen LogP contribution < -0.4 is 24.4 Å². The second kappa shape index (κ2) is 9.32. The third kappa shape index (κ3) is 6.66. The molecule has 152 valence electrons. The lowest BCUT2D eigenvalue weighted by molar-refractivity contribution is -0.885. The number of amides is 1. The molecule has 2 N–H and O–H groups in total. The number of likely N-dealkylation sites (N-methyl/N-ethyl adjacent to an activating group) is 1. The van der Waals surface area contributed by atoms with Crippen molar-refractivity contribution in [2.75, 3.05) is 33.1 Å². The molecule has 0 bridgehead atoms. The van der Waals surface area contributed by atoms with E-state index in [1.54, 1.807) is 26.4 Å². The van der Waals surface area contributed by atoms with Gasteiger partial charge in [-0.05, 0) is 42.5 Å². The summed E-state index contributed by atoms with van der Waals surface area (Å²) in [6.45, 7) is 0.674. The first-order valence-electron chi connectivity index (χ1n) is 8.38. The highest BCUT2D eigenvalue weighted by molar-refractivity contribution is 5.91. The van der Waals surface area contributed by atoms with Crippen LogP contribution in [-0.4, -0.2) is 40.1 Å². The molecule has 0 spiro atoms. The number of nitrogens with one attached hydrogen (secondary N) is 2. The fourth-order valence-corrected chi connectivity index (χ4v) is 2.63. The molecule has 1 unspecified atom stereocenters. The summed E-state index contributed by atoms with van der Waals surface area (Å²) in [4.78, 5) is 13.1. The quantitative estimate of drug-likeness (QED) is 0.715. The van der Waals surface area contributed by atoms with Gasteiger partial charge in [0.05, 0.1) is 26.8 Å². The third-order valence-electron chi connectivity index (χ3n) is 3.81. The Hall–Kier alpha value is -2.94. The minimum atomic E-state index is -4.75. The molecule has 2 aromatic carbocycles. The average molecular weight is 399 g/mol. The molecular formula is C19H22F3N2O4+. The highest BCUT2D eigenvalue weighted by atomic mass is 19.4. The first-order chi connectivity index (χ1) is 13.2. The predicted molar refractivity (Wildman–Crippen MR) is 96.8 cm³/mol. The van der Waals surface area contributed by atoms with Gasteiger partial charge in [-0.15, -0.1) is 13.2 Å². The molecule has 0 radical (unpaired) electrons. The van der Waals surface area contributed by atoms with Crippen molar-refractivity contribution in [3.05, 3.63) is 48.0 Å². The van der Waals surface area contributed by atoms with Gasteiger partial charge in [0.1, 0.15) is 23.8 Å². The number of halogens is 3. The van der Waals surface area contributed by atoms with Crippen molar-refractivity contribution in [3.8, 4) is 17.2 Å². The number of ether oxygens (including phenoxy) is 3. The third-order valence-corrected chi connectivity index (χ3v) is 3.81. The van der Waals surface area contributed by atoms with E-state index in [-0.39, 0.29) is 18.2 Å². The summed E-state index contributed by atoms with van der Waals surface area (Å²) in [6.07, 6.45) is -4.75. The number of quaternary nitrogens is 1. The van der Waals surface area contributed by atoms with Gasteiger partial charge in [-0.1, -0.05) is 0 Å². The zero-order valence-electron chi connectivity index (χ0n) is 15.7. The van der Waals surface area contributed by atoms with Crippen molar-refractivity contribution in [1.29, 1.82) is 0 Å². The van der Waals surface area contributed by atoms with Crippen LogP contribution in [0.25, 0.3) is 0 Å². The highest BCUT2D eigenvalue weighted by Gasteiger charge is 2.31. The van der Waals surface area contributed by atoms with E-state index in [0.29, 0.717) is 23.7 Å². The molecule has 0 heterocycles. The normalized spacial score (nSPS) is 12.2. The van der Waals surface area contributed by atoms with Crippen LogP contribution in [0.1, 0.15) is 5.56 Å². The Morgan fingerprint density at radius 2 is 1.68 bits per heavy atom. The van der Waals surface area contributed by atoms with Gasteiger partial charge in [0.15, 0.2) is 6.54 Å². The van der Waals surface area contributed by atoms with Gasteiger partial charge in [-0.25, -0.2) is 0 Å². The number of benzene rings is 2. The molecule has 0 aliphatic carbocycles. The minimum Gasteiger partial charge on any atom is -0.497 e. The summed E-state index contributed by atoms with van der Waals surface area (Å²) in [5.41, 5.74) is 1.27. The van der Waals surface area contributed by atoms with Crippen LogP contribution >= 0.6 is 0 Å². The van der Waals surface area contributed by atoms with E-state index in [4.69, 9.17) is 9.47 Å². The maximum Gasteiger partial charge on any atom is 0.573 e. The highest BCUT2D eigenvalue weighted by Crippen LogP contribution is 2.24. The Morgan fingerprint density at radius 3 is 2.25 bits per heavy atom. The van der Waals surface area contributed by atoms with Gasteiger partial charge in [-0.2, -0.15) is 0 Å². The van der Waals surface area contributed by atoms with Crippen molar-refractivity contribution < 1.29 is 37.1 Å². The maximum absolute atomic E-state index is 12.2. The van der Waals surface area contributed by atoms with E-state index < -0.39 is 6.36 Å². The lowest BCUT2D eigenvalue weighted by atomic mass is 10.1. The summed E-state index contributed by atoms with van der Waals surface area (Å²) in [7, 11) is 4.99. The van der Waals surface area contributed by atoms with Crippen LogP contribution in [0.2, 0.25) is 0 Å². The maximum atomic E-state index is 12.2. The second-order valence-electron chi connectivity index (χ2n) is 6.11. The Kier molecular flexibility index (Phi) is 7.11. The molecule has 28 heavy (non-hydrogen) atoms. The standard InChI is InChI=1S/C19H21F3N2O4/c1-24(11-13-10-16(26-2)8-9-17(13)27-3)12-18(25)23-14-4-6-15(7-5-14)28-19(20,21)22/h4-10H,11-12H2,1-3H3,(H,23,25)/p+1. The van der Waals surface area contributed by atoms with E-state index in [2.05, 4.69) is 10.1 Å². The molecule has 0 saturated carbocycles. The van der Waals surface area contributed by atoms with Crippen LogP contribution in [0.5, 0.6) is 17.2 Å². The molecule has 0 aromatic heterocycles.